The molecule has 0 fully saturated rings. The van der Waals surface area contributed by atoms with Crippen LogP contribution in [-0.2, 0) is 6.42 Å². The molecule has 1 aromatic heterocycles. The van der Waals surface area contributed by atoms with E-state index in [9.17, 15) is 4.79 Å². The fraction of sp³-hybridized carbons (Fsp3) is 0.217. The maximum atomic E-state index is 12.5. The third-order valence-electron chi connectivity index (χ3n) is 4.63. The molecule has 2 aromatic carbocycles. The molecule has 0 saturated carbocycles. The third kappa shape index (κ3) is 4.68. The van der Waals surface area contributed by atoms with Gasteiger partial charge in [0, 0.05) is 12.2 Å². The van der Waals surface area contributed by atoms with Gasteiger partial charge in [0.15, 0.2) is 0 Å². The van der Waals surface area contributed by atoms with Crippen LogP contribution in [0, 0.1) is 13.8 Å². The Kier molecular flexibility index (Phi) is 6.27. The number of aryl methyl sites for hydroxylation is 2. The summed E-state index contributed by atoms with van der Waals surface area (Å²) in [5.41, 5.74) is 5.31. The van der Waals surface area contributed by atoms with Crippen molar-refractivity contribution < 1.29 is 9.53 Å². The number of ether oxygens (including phenoxy) is 1. The number of hydrogen-bond donors (Lipinski definition) is 2. The van der Waals surface area contributed by atoms with Crippen LogP contribution in [-0.4, -0.2) is 24.5 Å². The summed E-state index contributed by atoms with van der Waals surface area (Å²) in [6.07, 6.45) is 2.51. The van der Waals surface area contributed by atoms with E-state index in [1.165, 1.54) is 0 Å². The zero-order chi connectivity index (χ0) is 19.9. The molecule has 1 amide bonds. The quantitative estimate of drug-likeness (QED) is 0.633. The smallest absolute Gasteiger partial charge is 0.274 e. The number of para-hydroxylation sites is 2. The van der Waals surface area contributed by atoms with E-state index in [0.29, 0.717) is 5.69 Å². The second kappa shape index (κ2) is 9.04. The van der Waals surface area contributed by atoms with Crippen LogP contribution < -0.4 is 15.4 Å². The highest BCUT2D eigenvalue weighted by atomic mass is 16.5. The number of rotatable bonds is 7. The molecule has 144 valence electrons. The van der Waals surface area contributed by atoms with E-state index < -0.39 is 0 Å². The van der Waals surface area contributed by atoms with Crippen LogP contribution >= 0.6 is 0 Å². The van der Waals surface area contributed by atoms with E-state index >= 15 is 0 Å². The van der Waals surface area contributed by atoms with Gasteiger partial charge < -0.3 is 15.4 Å². The number of methoxy groups -OCH3 is 1. The summed E-state index contributed by atoms with van der Waals surface area (Å²) >= 11 is 0. The Morgan fingerprint density at radius 2 is 1.75 bits per heavy atom. The number of pyridine rings is 1. The van der Waals surface area contributed by atoms with Gasteiger partial charge >= 0.3 is 0 Å². The van der Waals surface area contributed by atoms with Crippen molar-refractivity contribution in [2.75, 3.05) is 24.3 Å². The van der Waals surface area contributed by atoms with Gasteiger partial charge in [0.05, 0.1) is 19.0 Å². The predicted molar refractivity (Wildman–Crippen MR) is 113 cm³/mol. The van der Waals surface area contributed by atoms with Crippen molar-refractivity contribution >= 4 is 17.3 Å². The number of aromatic nitrogens is 1. The molecule has 28 heavy (non-hydrogen) atoms. The molecular formula is C23H25N3O2. The van der Waals surface area contributed by atoms with Crippen molar-refractivity contribution in [3.63, 3.8) is 0 Å². The van der Waals surface area contributed by atoms with Crippen LogP contribution in [0.2, 0.25) is 0 Å². The average molecular weight is 375 g/mol. The molecule has 5 nitrogen and oxygen atoms in total. The van der Waals surface area contributed by atoms with Crippen LogP contribution in [0.3, 0.4) is 0 Å². The highest BCUT2D eigenvalue weighted by molar-refractivity contribution is 6.03. The van der Waals surface area contributed by atoms with Gasteiger partial charge in [-0.2, -0.15) is 0 Å². The molecule has 0 radical (unpaired) electrons. The Balaban J connectivity index is 1.58. The summed E-state index contributed by atoms with van der Waals surface area (Å²) < 4.78 is 5.37. The predicted octanol–water partition coefficient (Wildman–Crippen LogP) is 4.61. The summed E-state index contributed by atoms with van der Waals surface area (Å²) in [5.74, 6) is 0.680. The maximum absolute atomic E-state index is 12.5. The lowest BCUT2D eigenvalue weighted by molar-refractivity contribution is 0.102. The number of anilines is 2. The van der Waals surface area contributed by atoms with Crippen molar-refractivity contribution in [3.8, 4) is 5.75 Å². The normalized spacial score (nSPS) is 10.4. The Bertz CT molecular complexity index is 932. The molecule has 0 spiro atoms. The van der Waals surface area contributed by atoms with Crippen LogP contribution in [0.15, 0.2) is 60.8 Å². The number of hydrogen-bond acceptors (Lipinski definition) is 4. The van der Waals surface area contributed by atoms with Crippen molar-refractivity contribution in [1.82, 2.24) is 4.98 Å². The monoisotopic (exact) mass is 375 g/mol. The van der Waals surface area contributed by atoms with Crippen LogP contribution in [0.5, 0.6) is 5.75 Å². The van der Waals surface area contributed by atoms with Gasteiger partial charge in [-0.15, -0.1) is 0 Å². The van der Waals surface area contributed by atoms with E-state index in [1.54, 1.807) is 19.4 Å². The van der Waals surface area contributed by atoms with Crippen molar-refractivity contribution in [3.05, 3.63) is 83.2 Å². The maximum Gasteiger partial charge on any atom is 0.274 e. The molecule has 1 heterocycles. The molecule has 0 aliphatic carbocycles. The van der Waals surface area contributed by atoms with E-state index in [0.717, 1.165) is 46.8 Å². The minimum atomic E-state index is -0.210. The molecule has 0 unspecified atom stereocenters. The van der Waals surface area contributed by atoms with Crippen molar-refractivity contribution in [2.45, 2.75) is 20.3 Å². The summed E-state index contributed by atoms with van der Waals surface area (Å²) in [6, 6.07) is 17.5. The molecule has 0 atom stereocenters. The largest absolute Gasteiger partial charge is 0.496 e. The van der Waals surface area contributed by atoms with E-state index in [4.69, 9.17) is 4.74 Å². The molecule has 0 aliphatic heterocycles. The first-order valence-electron chi connectivity index (χ1n) is 9.28. The molecule has 0 aliphatic rings. The van der Waals surface area contributed by atoms with Crippen LogP contribution in [0.4, 0.5) is 11.4 Å². The number of carbonyl (C=O) groups is 1. The Morgan fingerprint density at radius 3 is 2.43 bits per heavy atom. The number of carbonyl (C=O) groups excluding carboxylic acids is 1. The Morgan fingerprint density at radius 1 is 1.00 bits per heavy atom. The topological polar surface area (TPSA) is 63.2 Å². The molecule has 3 aromatic rings. The van der Waals surface area contributed by atoms with E-state index in [2.05, 4.69) is 21.7 Å². The van der Waals surface area contributed by atoms with Crippen molar-refractivity contribution in [1.29, 1.82) is 0 Å². The lowest BCUT2D eigenvalue weighted by atomic mass is 10.1. The van der Waals surface area contributed by atoms with Gasteiger partial charge in [0.1, 0.15) is 11.4 Å². The van der Waals surface area contributed by atoms with E-state index in [-0.39, 0.29) is 5.91 Å². The van der Waals surface area contributed by atoms with Gasteiger partial charge in [-0.3, -0.25) is 4.79 Å². The van der Waals surface area contributed by atoms with Gasteiger partial charge in [-0.1, -0.05) is 36.4 Å². The zero-order valence-electron chi connectivity index (χ0n) is 16.5. The SMILES string of the molecule is COc1ccccc1CCNc1ccc(C(=O)Nc2c(C)cccc2C)nc1. The van der Waals surface area contributed by atoms with Crippen molar-refractivity contribution in [2.24, 2.45) is 0 Å². The first-order chi connectivity index (χ1) is 13.6. The second-order valence-electron chi connectivity index (χ2n) is 6.64. The molecule has 0 saturated heterocycles. The van der Waals surface area contributed by atoms with Gasteiger partial charge in [0.2, 0.25) is 0 Å². The molecule has 0 bridgehead atoms. The minimum Gasteiger partial charge on any atom is -0.496 e. The zero-order valence-corrected chi connectivity index (χ0v) is 16.5. The summed E-state index contributed by atoms with van der Waals surface area (Å²) in [6.45, 7) is 4.70. The Labute approximate surface area is 165 Å². The number of amides is 1. The fourth-order valence-electron chi connectivity index (χ4n) is 3.07. The van der Waals surface area contributed by atoms with E-state index in [1.807, 2.05) is 56.3 Å². The van der Waals surface area contributed by atoms with Gasteiger partial charge in [0.25, 0.3) is 5.91 Å². The fourth-order valence-corrected chi connectivity index (χ4v) is 3.07. The average Bonchev–Trinajstić information content (AvgIpc) is 2.71. The number of nitrogens with zero attached hydrogens (tertiary/aromatic N) is 1. The number of nitrogens with one attached hydrogen (secondary N) is 2. The number of benzene rings is 2. The molecule has 5 heteroatoms. The molecule has 3 rings (SSSR count). The Hall–Kier alpha value is -3.34. The molecule has 2 N–H and O–H groups in total. The summed E-state index contributed by atoms with van der Waals surface area (Å²) in [5, 5.41) is 6.28. The van der Waals surface area contributed by atoms with Crippen LogP contribution in [0.1, 0.15) is 27.2 Å². The summed E-state index contributed by atoms with van der Waals surface area (Å²) in [7, 11) is 1.68. The third-order valence-corrected chi connectivity index (χ3v) is 4.63. The van der Waals surface area contributed by atoms with Gasteiger partial charge in [-0.05, 0) is 55.2 Å². The van der Waals surface area contributed by atoms with Crippen LogP contribution in [0.25, 0.3) is 0 Å². The highest BCUT2D eigenvalue weighted by Crippen LogP contribution is 2.20. The first-order valence-corrected chi connectivity index (χ1v) is 9.28. The van der Waals surface area contributed by atoms with Gasteiger partial charge in [-0.25, -0.2) is 4.98 Å². The highest BCUT2D eigenvalue weighted by Gasteiger charge is 2.11. The standard InChI is InChI=1S/C23H25N3O2/c1-16-7-6-8-17(2)22(16)26-23(27)20-12-11-19(15-25-20)24-14-13-18-9-4-5-10-21(18)28-3/h4-12,15,24H,13-14H2,1-3H3,(H,26,27). The first kappa shape index (κ1) is 19.4. The lowest BCUT2D eigenvalue weighted by Crippen LogP contribution is -2.15. The molecular weight excluding hydrogens is 350 g/mol. The summed E-state index contributed by atoms with van der Waals surface area (Å²) in [4.78, 5) is 16.8. The lowest BCUT2D eigenvalue weighted by Gasteiger charge is -2.12. The second-order valence-corrected chi connectivity index (χ2v) is 6.64. The minimum absolute atomic E-state index is 0.210.